The molecule has 0 spiro atoms. The smallest absolute Gasteiger partial charge is 0.220 e. The summed E-state index contributed by atoms with van der Waals surface area (Å²) in [5, 5.41) is 6.97. The Labute approximate surface area is 167 Å². The first kappa shape index (κ1) is 20.0. The number of nitrogens with zero attached hydrogens (tertiary/aromatic N) is 2. The van der Waals surface area contributed by atoms with Crippen LogP contribution in [-0.2, 0) is 10.2 Å². The predicted molar refractivity (Wildman–Crippen MR) is 111 cm³/mol. The number of nitrogens with one attached hydrogen (secondary N) is 2. The zero-order chi connectivity index (χ0) is 19.3. The number of hydrogen-bond acceptors (Lipinski definition) is 2. The molecule has 2 fully saturated rings. The second-order valence-electron chi connectivity index (χ2n) is 7.77. The molecule has 0 aromatic heterocycles. The number of rotatable bonds is 6. The van der Waals surface area contributed by atoms with Gasteiger partial charge in [0.25, 0.3) is 0 Å². The third-order valence-corrected chi connectivity index (χ3v) is 6.10. The Kier molecular flexibility index (Phi) is 6.64. The maximum Gasteiger partial charge on any atom is 0.220 e. The molecule has 1 aliphatic heterocycles. The number of guanidine groups is 1. The van der Waals surface area contributed by atoms with Crippen molar-refractivity contribution < 1.29 is 4.79 Å². The zero-order valence-electron chi connectivity index (χ0n) is 16.4. The molecule has 1 amide bonds. The number of aliphatic imine (C=N–C) groups is 1. The van der Waals surface area contributed by atoms with Gasteiger partial charge >= 0.3 is 0 Å². The van der Waals surface area contributed by atoms with Gasteiger partial charge in [-0.05, 0) is 56.2 Å². The topological polar surface area (TPSA) is 56.7 Å². The first-order chi connectivity index (χ1) is 13.1. The highest BCUT2D eigenvalue weighted by atomic mass is 35.5. The molecule has 0 atom stereocenters. The van der Waals surface area contributed by atoms with Crippen molar-refractivity contribution in [2.24, 2.45) is 10.9 Å². The van der Waals surface area contributed by atoms with E-state index in [4.69, 9.17) is 16.6 Å². The SMILES string of the molecule is CCNC(=NCC1(c2ccc(Cl)cc2)CC1)N1CCC(CC(=O)NC)CC1. The van der Waals surface area contributed by atoms with Crippen LogP contribution >= 0.6 is 11.6 Å². The summed E-state index contributed by atoms with van der Waals surface area (Å²) in [6.07, 6.45) is 5.09. The third-order valence-electron chi connectivity index (χ3n) is 5.84. The summed E-state index contributed by atoms with van der Waals surface area (Å²) in [4.78, 5) is 18.9. The van der Waals surface area contributed by atoms with Crippen LogP contribution in [0, 0.1) is 5.92 Å². The Hall–Kier alpha value is -1.75. The summed E-state index contributed by atoms with van der Waals surface area (Å²) in [6.45, 7) is 5.71. The van der Waals surface area contributed by atoms with Gasteiger partial charge in [-0.25, -0.2) is 0 Å². The van der Waals surface area contributed by atoms with Crippen molar-refractivity contribution in [3.63, 3.8) is 0 Å². The van der Waals surface area contributed by atoms with Crippen molar-refractivity contribution in [1.29, 1.82) is 0 Å². The van der Waals surface area contributed by atoms with Crippen LogP contribution in [0.5, 0.6) is 0 Å². The van der Waals surface area contributed by atoms with Gasteiger partial charge in [0.05, 0.1) is 6.54 Å². The molecule has 2 aliphatic rings. The number of carbonyl (C=O) groups is 1. The Balaban J connectivity index is 1.60. The van der Waals surface area contributed by atoms with Gasteiger partial charge in [0, 0.05) is 43.5 Å². The van der Waals surface area contributed by atoms with E-state index in [0.717, 1.165) is 50.0 Å². The van der Waals surface area contributed by atoms with Crippen LogP contribution in [0.15, 0.2) is 29.3 Å². The molecule has 0 bridgehead atoms. The Morgan fingerprint density at radius 1 is 1.26 bits per heavy atom. The summed E-state index contributed by atoms with van der Waals surface area (Å²) < 4.78 is 0. The molecule has 5 nitrogen and oxygen atoms in total. The van der Waals surface area contributed by atoms with E-state index in [1.807, 2.05) is 12.1 Å². The first-order valence-electron chi connectivity index (χ1n) is 10.1. The fraction of sp³-hybridized carbons (Fsp3) is 0.619. The molecule has 1 saturated carbocycles. The van der Waals surface area contributed by atoms with Crippen LogP contribution in [0.25, 0.3) is 0 Å². The largest absolute Gasteiger partial charge is 0.359 e. The number of likely N-dealkylation sites (tertiary alicyclic amines) is 1. The van der Waals surface area contributed by atoms with Crippen LogP contribution < -0.4 is 10.6 Å². The van der Waals surface area contributed by atoms with Gasteiger partial charge in [-0.2, -0.15) is 0 Å². The number of amides is 1. The second kappa shape index (κ2) is 8.96. The fourth-order valence-corrected chi connectivity index (χ4v) is 3.98. The van der Waals surface area contributed by atoms with Gasteiger partial charge in [0.15, 0.2) is 5.96 Å². The molecule has 2 N–H and O–H groups in total. The molecule has 3 rings (SSSR count). The van der Waals surface area contributed by atoms with Gasteiger partial charge in [0.2, 0.25) is 5.91 Å². The minimum atomic E-state index is 0.146. The zero-order valence-corrected chi connectivity index (χ0v) is 17.2. The van der Waals surface area contributed by atoms with Gasteiger partial charge in [-0.1, -0.05) is 23.7 Å². The van der Waals surface area contributed by atoms with E-state index in [2.05, 4.69) is 34.6 Å². The van der Waals surface area contributed by atoms with Crippen molar-refractivity contribution in [2.45, 2.75) is 44.4 Å². The molecule has 1 aromatic rings. The molecule has 1 aromatic carbocycles. The standard InChI is InChI=1S/C21H31ClN4O/c1-3-24-20(26-12-8-16(9-13-26)14-19(27)23-2)25-15-21(10-11-21)17-4-6-18(22)7-5-17/h4-7,16H,3,8-15H2,1-2H3,(H,23,27)(H,24,25). The summed E-state index contributed by atoms with van der Waals surface area (Å²) in [6, 6.07) is 8.23. The molecule has 27 heavy (non-hydrogen) atoms. The lowest BCUT2D eigenvalue weighted by Gasteiger charge is -2.34. The van der Waals surface area contributed by atoms with E-state index in [1.165, 1.54) is 18.4 Å². The molecule has 0 radical (unpaired) electrons. The summed E-state index contributed by atoms with van der Waals surface area (Å²) >= 11 is 6.04. The summed E-state index contributed by atoms with van der Waals surface area (Å²) in [5.41, 5.74) is 1.53. The molecule has 0 unspecified atom stereocenters. The monoisotopic (exact) mass is 390 g/mol. The average molecular weight is 391 g/mol. The van der Waals surface area contributed by atoms with Gasteiger partial charge in [-0.15, -0.1) is 0 Å². The minimum Gasteiger partial charge on any atom is -0.359 e. The van der Waals surface area contributed by atoms with E-state index in [9.17, 15) is 4.79 Å². The van der Waals surface area contributed by atoms with Gasteiger partial charge in [0.1, 0.15) is 0 Å². The van der Waals surface area contributed by atoms with E-state index >= 15 is 0 Å². The quantitative estimate of drug-likeness (QED) is 0.579. The number of benzene rings is 1. The normalized spacial score (nSPS) is 19.7. The first-order valence-corrected chi connectivity index (χ1v) is 10.4. The highest BCUT2D eigenvalue weighted by Crippen LogP contribution is 2.48. The van der Waals surface area contributed by atoms with Crippen molar-refractivity contribution in [1.82, 2.24) is 15.5 Å². The van der Waals surface area contributed by atoms with Crippen molar-refractivity contribution >= 4 is 23.5 Å². The third kappa shape index (κ3) is 5.16. The van der Waals surface area contributed by atoms with E-state index in [1.54, 1.807) is 7.05 Å². The molecule has 6 heteroatoms. The Bertz CT molecular complexity index is 661. The average Bonchev–Trinajstić information content (AvgIpc) is 3.47. The molecule has 1 saturated heterocycles. The van der Waals surface area contributed by atoms with Gasteiger partial charge in [-0.3, -0.25) is 9.79 Å². The highest BCUT2D eigenvalue weighted by molar-refractivity contribution is 6.30. The second-order valence-corrected chi connectivity index (χ2v) is 8.20. The molecule has 1 aliphatic carbocycles. The molecule has 148 valence electrons. The Morgan fingerprint density at radius 2 is 1.93 bits per heavy atom. The van der Waals surface area contributed by atoms with E-state index in [-0.39, 0.29) is 11.3 Å². The molecule has 1 heterocycles. The number of piperidine rings is 1. The lowest BCUT2D eigenvalue weighted by Crippen LogP contribution is -2.46. The maximum absolute atomic E-state index is 11.6. The van der Waals surface area contributed by atoms with Crippen LogP contribution in [0.4, 0.5) is 0 Å². The fourth-order valence-electron chi connectivity index (χ4n) is 3.86. The summed E-state index contributed by atoms with van der Waals surface area (Å²) in [5.74, 6) is 1.64. The highest BCUT2D eigenvalue weighted by Gasteiger charge is 2.44. The Morgan fingerprint density at radius 3 is 2.48 bits per heavy atom. The van der Waals surface area contributed by atoms with Crippen LogP contribution in [0.3, 0.4) is 0 Å². The number of hydrogen-bond donors (Lipinski definition) is 2. The molecular weight excluding hydrogens is 360 g/mol. The number of carbonyl (C=O) groups excluding carboxylic acids is 1. The van der Waals surface area contributed by atoms with E-state index in [0.29, 0.717) is 12.3 Å². The number of halogens is 1. The predicted octanol–water partition coefficient (Wildman–Crippen LogP) is 3.19. The van der Waals surface area contributed by atoms with Crippen molar-refractivity contribution in [3.05, 3.63) is 34.9 Å². The van der Waals surface area contributed by atoms with Crippen molar-refractivity contribution in [3.8, 4) is 0 Å². The lowest BCUT2D eigenvalue weighted by atomic mass is 9.93. The molecular formula is C21H31ClN4O. The van der Waals surface area contributed by atoms with Gasteiger partial charge < -0.3 is 15.5 Å². The minimum absolute atomic E-state index is 0.146. The van der Waals surface area contributed by atoms with Crippen molar-refractivity contribution in [2.75, 3.05) is 33.2 Å². The van der Waals surface area contributed by atoms with E-state index < -0.39 is 0 Å². The van der Waals surface area contributed by atoms with Crippen LogP contribution in [0.2, 0.25) is 5.02 Å². The van der Waals surface area contributed by atoms with Crippen LogP contribution in [-0.4, -0.2) is 50.0 Å². The van der Waals surface area contributed by atoms with Crippen LogP contribution in [0.1, 0.15) is 44.6 Å². The maximum atomic E-state index is 11.6. The lowest BCUT2D eigenvalue weighted by molar-refractivity contribution is -0.121. The summed E-state index contributed by atoms with van der Waals surface area (Å²) in [7, 11) is 1.71.